The number of aliphatic carboxylic acids is 1. The summed E-state index contributed by atoms with van der Waals surface area (Å²) in [5, 5.41) is 11.6. The molecule has 0 bridgehead atoms. The number of benzene rings is 1. The van der Waals surface area contributed by atoms with Crippen molar-refractivity contribution < 1.29 is 23.1 Å². The van der Waals surface area contributed by atoms with Crippen LogP contribution in [0.1, 0.15) is 22.7 Å². The Labute approximate surface area is 95.3 Å². The van der Waals surface area contributed by atoms with Crippen molar-refractivity contribution in [2.75, 3.05) is 6.54 Å². The highest BCUT2D eigenvalue weighted by atomic mass is 19.4. The smallest absolute Gasteiger partial charge is 0.416 e. The monoisotopic (exact) mass is 245 g/mol. The fourth-order valence-corrected chi connectivity index (χ4v) is 1.95. The molecule has 6 heteroatoms. The molecule has 17 heavy (non-hydrogen) atoms. The zero-order valence-corrected chi connectivity index (χ0v) is 8.71. The van der Waals surface area contributed by atoms with E-state index in [1.54, 1.807) is 0 Å². The zero-order chi connectivity index (χ0) is 12.6. The van der Waals surface area contributed by atoms with Crippen LogP contribution in [0.5, 0.6) is 0 Å². The van der Waals surface area contributed by atoms with Gasteiger partial charge in [0.25, 0.3) is 0 Å². The van der Waals surface area contributed by atoms with E-state index in [-0.39, 0.29) is 5.56 Å². The first-order valence-electron chi connectivity index (χ1n) is 5.06. The SMILES string of the molecule is O=C(O)C1NCCc2ccc(C(F)(F)F)cc21. The second-order valence-electron chi connectivity index (χ2n) is 3.89. The molecule has 0 amide bonds. The highest BCUT2D eigenvalue weighted by molar-refractivity contribution is 5.76. The summed E-state index contributed by atoms with van der Waals surface area (Å²) >= 11 is 0. The molecule has 0 radical (unpaired) electrons. The van der Waals surface area contributed by atoms with E-state index >= 15 is 0 Å². The molecule has 0 saturated heterocycles. The van der Waals surface area contributed by atoms with Crippen molar-refractivity contribution >= 4 is 5.97 Å². The maximum absolute atomic E-state index is 12.5. The molecule has 0 saturated carbocycles. The van der Waals surface area contributed by atoms with Crippen LogP contribution in [0, 0.1) is 0 Å². The van der Waals surface area contributed by atoms with Crippen LogP contribution >= 0.6 is 0 Å². The second kappa shape index (κ2) is 4.03. The fourth-order valence-electron chi connectivity index (χ4n) is 1.95. The van der Waals surface area contributed by atoms with Gasteiger partial charge in [-0.3, -0.25) is 4.79 Å². The van der Waals surface area contributed by atoms with Crippen LogP contribution < -0.4 is 5.32 Å². The van der Waals surface area contributed by atoms with Crippen LogP contribution in [-0.4, -0.2) is 17.6 Å². The van der Waals surface area contributed by atoms with Crippen LogP contribution in [0.4, 0.5) is 13.2 Å². The Morgan fingerprint density at radius 1 is 1.41 bits per heavy atom. The number of hydrogen-bond donors (Lipinski definition) is 2. The van der Waals surface area contributed by atoms with E-state index in [4.69, 9.17) is 5.11 Å². The number of carboxylic acids is 1. The number of fused-ring (bicyclic) bond motifs is 1. The van der Waals surface area contributed by atoms with Crippen molar-refractivity contribution in [2.45, 2.75) is 18.6 Å². The summed E-state index contributed by atoms with van der Waals surface area (Å²) < 4.78 is 37.6. The van der Waals surface area contributed by atoms with Gasteiger partial charge in [0.15, 0.2) is 0 Å². The Balaban J connectivity index is 2.48. The quantitative estimate of drug-likeness (QED) is 0.795. The molecule has 2 rings (SSSR count). The third-order valence-corrected chi connectivity index (χ3v) is 2.77. The number of alkyl halides is 3. The van der Waals surface area contributed by atoms with Crippen molar-refractivity contribution in [1.82, 2.24) is 5.32 Å². The third kappa shape index (κ3) is 2.26. The number of halogens is 3. The summed E-state index contributed by atoms with van der Waals surface area (Å²) in [4.78, 5) is 10.9. The summed E-state index contributed by atoms with van der Waals surface area (Å²) in [6, 6.07) is 2.21. The molecule has 1 heterocycles. The minimum Gasteiger partial charge on any atom is -0.480 e. The molecule has 1 unspecified atom stereocenters. The Morgan fingerprint density at radius 2 is 2.12 bits per heavy atom. The first-order chi connectivity index (χ1) is 7.89. The molecule has 2 N–H and O–H groups in total. The lowest BCUT2D eigenvalue weighted by Gasteiger charge is -2.24. The van der Waals surface area contributed by atoms with E-state index in [0.717, 1.165) is 12.1 Å². The average Bonchev–Trinajstić information content (AvgIpc) is 2.26. The maximum Gasteiger partial charge on any atom is 0.416 e. The molecule has 1 aliphatic rings. The van der Waals surface area contributed by atoms with Crippen LogP contribution in [0.3, 0.4) is 0 Å². The van der Waals surface area contributed by atoms with Crippen molar-refractivity contribution in [1.29, 1.82) is 0 Å². The van der Waals surface area contributed by atoms with Gasteiger partial charge in [0.1, 0.15) is 6.04 Å². The lowest BCUT2D eigenvalue weighted by atomic mass is 9.92. The Kier molecular flexibility index (Phi) is 2.82. The molecular weight excluding hydrogens is 235 g/mol. The average molecular weight is 245 g/mol. The Morgan fingerprint density at radius 3 is 2.71 bits per heavy atom. The maximum atomic E-state index is 12.5. The van der Waals surface area contributed by atoms with E-state index in [1.807, 2.05) is 0 Å². The molecule has 1 aliphatic heterocycles. The van der Waals surface area contributed by atoms with Gasteiger partial charge in [0.05, 0.1) is 5.56 Å². The van der Waals surface area contributed by atoms with Gasteiger partial charge in [-0.15, -0.1) is 0 Å². The topological polar surface area (TPSA) is 49.3 Å². The summed E-state index contributed by atoms with van der Waals surface area (Å²) in [6.07, 6.45) is -3.91. The number of nitrogens with one attached hydrogen (secondary N) is 1. The van der Waals surface area contributed by atoms with Crippen LogP contribution in [-0.2, 0) is 17.4 Å². The first kappa shape index (κ1) is 11.9. The van der Waals surface area contributed by atoms with Crippen LogP contribution in [0.2, 0.25) is 0 Å². The van der Waals surface area contributed by atoms with Crippen LogP contribution in [0.15, 0.2) is 18.2 Å². The highest BCUT2D eigenvalue weighted by Gasteiger charge is 2.33. The molecule has 92 valence electrons. The van der Waals surface area contributed by atoms with E-state index in [9.17, 15) is 18.0 Å². The van der Waals surface area contributed by atoms with Crippen molar-refractivity contribution in [3.05, 3.63) is 34.9 Å². The summed E-state index contributed by atoms with van der Waals surface area (Å²) in [5.74, 6) is -1.16. The lowest BCUT2D eigenvalue weighted by molar-refractivity contribution is -0.141. The second-order valence-corrected chi connectivity index (χ2v) is 3.89. The minimum atomic E-state index is -4.45. The molecular formula is C11H10F3NO2. The first-order valence-corrected chi connectivity index (χ1v) is 5.06. The summed E-state index contributed by atoms with van der Waals surface area (Å²) in [7, 11) is 0. The number of carboxylic acid groups (broad SMARTS) is 1. The molecule has 1 aromatic rings. The largest absolute Gasteiger partial charge is 0.480 e. The lowest BCUT2D eigenvalue weighted by Crippen LogP contribution is -2.35. The number of rotatable bonds is 1. The van der Waals surface area contributed by atoms with Gasteiger partial charge in [0, 0.05) is 6.54 Å². The van der Waals surface area contributed by atoms with E-state index in [2.05, 4.69) is 5.32 Å². The van der Waals surface area contributed by atoms with Gasteiger partial charge in [-0.2, -0.15) is 13.2 Å². The van der Waals surface area contributed by atoms with Gasteiger partial charge >= 0.3 is 12.1 Å². The number of carbonyl (C=O) groups is 1. The summed E-state index contributed by atoms with van der Waals surface area (Å²) in [5.41, 5.74) is 0.0499. The number of hydrogen-bond acceptors (Lipinski definition) is 2. The Bertz CT molecular complexity index is 457. The van der Waals surface area contributed by atoms with E-state index in [1.165, 1.54) is 6.07 Å². The zero-order valence-electron chi connectivity index (χ0n) is 8.71. The normalized spacial score (nSPS) is 19.8. The standard InChI is InChI=1S/C11H10F3NO2/c12-11(13,14)7-2-1-6-3-4-15-9(10(16)17)8(6)5-7/h1-2,5,9,15H,3-4H2,(H,16,17). The molecule has 0 aromatic heterocycles. The van der Waals surface area contributed by atoms with Gasteiger partial charge in [-0.05, 0) is 29.7 Å². The third-order valence-electron chi connectivity index (χ3n) is 2.77. The molecule has 1 atom stereocenters. The van der Waals surface area contributed by atoms with E-state index in [0.29, 0.717) is 18.5 Å². The molecule has 0 aliphatic carbocycles. The molecule has 0 fully saturated rings. The van der Waals surface area contributed by atoms with Gasteiger partial charge < -0.3 is 10.4 Å². The molecule has 0 spiro atoms. The van der Waals surface area contributed by atoms with Gasteiger partial charge in [-0.25, -0.2) is 0 Å². The van der Waals surface area contributed by atoms with Gasteiger partial charge in [0.2, 0.25) is 0 Å². The Hall–Kier alpha value is -1.56. The molecule has 1 aromatic carbocycles. The van der Waals surface area contributed by atoms with E-state index < -0.39 is 23.8 Å². The predicted octanol–water partition coefficient (Wildman–Crippen LogP) is 1.98. The highest BCUT2D eigenvalue weighted by Crippen LogP contribution is 2.33. The van der Waals surface area contributed by atoms with Crippen molar-refractivity contribution in [2.24, 2.45) is 0 Å². The molecule has 3 nitrogen and oxygen atoms in total. The van der Waals surface area contributed by atoms with Crippen LogP contribution in [0.25, 0.3) is 0 Å². The van der Waals surface area contributed by atoms with Crippen molar-refractivity contribution in [3.63, 3.8) is 0 Å². The fraction of sp³-hybridized carbons (Fsp3) is 0.364. The van der Waals surface area contributed by atoms with Crippen molar-refractivity contribution in [3.8, 4) is 0 Å². The van der Waals surface area contributed by atoms with Gasteiger partial charge in [-0.1, -0.05) is 6.07 Å². The summed E-state index contributed by atoms with van der Waals surface area (Å²) in [6.45, 7) is 0.454. The predicted molar refractivity (Wildman–Crippen MR) is 53.5 cm³/mol. The minimum absolute atomic E-state index is 0.207.